The summed E-state index contributed by atoms with van der Waals surface area (Å²) in [5.41, 5.74) is 2.77. The molecular formula is C15H21N5O. The lowest BCUT2D eigenvalue weighted by Gasteiger charge is -2.08. The molecule has 112 valence electrons. The van der Waals surface area contributed by atoms with Crippen LogP contribution in [0, 0.1) is 5.92 Å². The van der Waals surface area contributed by atoms with Gasteiger partial charge in [-0.1, -0.05) is 44.2 Å². The normalized spacial score (nSPS) is 10.8. The van der Waals surface area contributed by atoms with Crippen LogP contribution in [-0.2, 0) is 11.3 Å². The van der Waals surface area contributed by atoms with Gasteiger partial charge in [-0.2, -0.15) is 15.4 Å². The van der Waals surface area contributed by atoms with Gasteiger partial charge in [-0.15, -0.1) is 0 Å². The molecule has 0 saturated heterocycles. The highest BCUT2D eigenvalue weighted by Crippen LogP contribution is 2.18. The van der Waals surface area contributed by atoms with Gasteiger partial charge in [0, 0.05) is 31.1 Å². The molecule has 0 unspecified atom stereocenters. The molecule has 0 atom stereocenters. The number of carbonyl (C=O) groups is 1. The number of amides is 1. The second-order valence-electron chi connectivity index (χ2n) is 5.11. The lowest BCUT2D eigenvalue weighted by atomic mass is 10.1. The predicted octanol–water partition coefficient (Wildman–Crippen LogP) is 1.33. The number of carbonyl (C=O) groups excluding carboxylic acids is 1. The van der Waals surface area contributed by atoms with Crippen LogP contribution in [0.15, 0.2) is 30.3 Å². The standard InChI is InChI=1S/C15H21N5O/c1-11(2)15(21)17-9-8-16-10-13-14(19-20-18-13)12-6-4-3-5-7-12/h3-7,11,16H,8-10H2,1-2H3,(H,17,21)(H,18,19,20). The molecule has 0 aliphatic heterocycles. The number of hydrogen-bond donors (Lipinski definition) is 3. The van der Waals surface area contributed by atoms with Crippen LogP contribution in [0.3, 0.4) is 0 Å². The lowest BCUT2D eigenvalue weighted by Crippen LogP contribution is -2.34. The summed E-state index contributed by atoms with van der Waals surface area (Å²) in [5.74, 6) is 0.0911. The molecular weight excluding hydrogens is 266 g/mol. The number of aromatic amines is 1. The Bertz CT molecular complexity index is 564. The van der Waals surface area contributed by atoms with Crippen molar-refractivity contribution in [1.82, 2.24) is 26.0 Å². The van der Waals surface area contributed by atoms with E-state index in [9.17, 15) is 4.79 Å². The Hall–Kier alpha value is -2.21. The molecule has 2 aromatic rings. The van der Waals surface area contributed by atoms with Crippen molar-refractivity contribution in [3.63, 3.8) is 0 Å². The molecule has 1 heterocycles. The molecule has 1 amide bonds. The van der Waals surface area contributed by atoms with Crippen LogP contribution in [0.2, 0.25) is 0 Å². The summed E-state index contributed by atoms with van der Waals surface area (Å²) >= 11 is 0. The van der Waals surface area contributed by atoms with Crippen molar-refractivity contribution in [3.05, 3.63) is 36.0 Å². The number of H-pyrrole nitrogens is 1. The maximum Gasteiger partial charge on any atom is 0.222 e. The fraction of sp³-hybridized carbons (Fsp3) is 0.400. The predicted molar refractivity (Wildman–Crippen MR) is 81.4 cm³/mol. The third kappa shape index (κ3) is 4.39. The van der Waals surface area contributed by atoms with Gasteiger partial charge in [0.25, 0.3) is 0 Å². The zero-order valence-corrected chi connectivity index (χ0v) is 12.4. The second kappa shape index (κ2) is 7.54. The van der Waals surface area contributed by atoms with Crippen molar-refractivity contribution >= 4 is 5.91 Å². The van der Waals surface area contributed by atoms with E-state index >= 15 is 0 Å². The highest BCUT2D eigenvalue weighted by Gasteiger charge is 2.09. The summed E-state index contributed by atoms with van der Waals surface area (Å²) in [6.07, 6.45) is 0. The SMILES string of the molecule is CC(C)C(=O)NCCNCc1n[nH]nc1-c1ccccc1. The lowest BCUT2D eigenvalue weighted by molar-refractivity contribution is -0.123. The molecule has 0 radical (unpaired) electrons. The van der Waals surface area contributed by atoms with Crippen LogP contribution in [0.4, 0.5) is 0 Å². The molecule has 1 aromatic carbocycles. The van der Waals surface area contributed by atoms with Crippen LogP contribution < -0.4 is 10.6 Å². The van der Waals surface area contributed by atoms with E-state index in [1.165, 1.54) is 0 Å². The highest BCUT2D eigenvalue weighted by molar-refractivity contribution is 5.77. The first-order chi connectivity index (χ1) is 10.2. The summed E-state index contributed by atoms with van der Waals surface area (Å²) in [6, 6.07) is 9.93. The minimum absolute atomic E-state index is 0.0187. The van der Waals surface area contributed by atoms with Crippen molar-refractivity contribution in [2.24, 2.45) is 5.92 Å². The minimum Gasteiger partial charge on any atom is -0.355 e. The topological polar surface area (TPSA) is 82.7 Å². The van der Waals surface area contributed by atoms with E-state index in [0.717, 1.165) is 17.0 Å². The van der Waals surface area contributed by atoms with Gasteiger partial charge >= 0.3 is 0 Å². The summed E-state index contributed by atoms with van der Waals surface area (Å²) in [6.45, 7) is 5.67. The third-order valence-corrected chi connectivity index (χ3v) is 3.09. The molecule has 0 fully saturated rings. The Labute approximate surface area is 124 Å². The van der Waals surface area contributed by atoms with Crippen molar-refractivity contribution < 1.29 is 4.79 Å². The van der Waals surface area contributed by atoms with Crippen molar-refractivity contribution in [1.29, 1.82) is 0 Å². The van der Waals surface area contributed by atoms with Crippen LogP contribution in [0.1, 0.15) is 19.5 Å². The molecule has 6 nitrogen and oxygen atoms in total. The van der Waals surface area contributed by atoms with E-state index < -0.39 is 0 Å². The first-order valence-corrected chi connectivity index (χ1v) is 7.12. The number of benzene rings is 1. The average Bonchev–Trinajstić information content (AvgIpc) is 2.96. The Morgan fingerprint density at radius 3 is 2.67 bits per heavy atom. The Kier molecular flexibility index (Phi) is 5.45. The van der Waals surface area contributed by atoms with E-state index in [-0.39, 0.29) is 11.8 Å². The fourth-order valence-electron chi connectivity index (χ4n) is 1.89. The number of nitrogens with one attached hydrogen (secondary N) is 3. The Morgan fingerprint density at radius 1 is 1.19 bits per heavy atom. The first kappa shape index (κ1) is 15.2. The molecule has 2 rings (SSSR count). The Morgan fingerprint density at radius 2 is 1.95 bits per heavy atom. The second-order valence-corrected chi connectivity index (χ2v) is 5.11. The Balaban J connectivity index is 1.80. The minimum atomic E-state index is 0.0187. The van der Waals surface area contributed by atoms with Crippen LogP contribution in [0.5, 0.6) is 0 Å². The van der Waals surface area contributed by atoms with Crippen LogP contribution >= 0.6 is 0 Å². The smallest absolute Gasteiger partial charge is 0.222 e. The first-order valence-electron chi connectivity index (χ1n) is 7.12. The maximum absolute atomic E-state index is 11.4. The van der Waals surface area contributed by atoms with Crippen molar-refractivity contribution in [2.45, 2.75) is 20.4 Å². The number of aromatic nitrogens is 3. The largest absolute Gasteiger partial charge is 0.355 e. The van der Waals surface area contributed by atoms with Gasteiger partial charge in [0.2, 0.25) is 5.91 Å². The van der Waals surface area contributed by atoms with Gasteiger partial charge in [-0.25, -0.2) is 0 Å². The van der Waals surface area contributed by atoms with Crippen LogP contribution in [0.25, 0.3) is 11.3 Å². The van der Waals surface area contributed by atoms with Gasteiger partial charge in [0.1, 0.15) is 11.4 Å². The van der Waals surface area contributed by atoms with Gasteiger partial charge < -0.3 is 10.6 Å². The molecule has 0 bridgehead atoms. The van der Waals surface area contributed by atoms with E-state index in [0.29, 0.717) is 19.6 Å². The molecule has 3 N–H and O–H groups in total. The quantitative estimate of drug-likeness (QED) is 0.671. The van der Waals surface area contributed by atoms with Gasteiger partial charge in [-0.3, -0.25) is 4.79 Å². The molecule has 0 saturated carbocycles. The fourth-order valence-corrected chi connectivity index (χ4v) is 1.89. The molecule has 6 heteroatoms. The summed E-state index contributed by atoms with van der Waals surface area (Å²) < 4.78 is 0. The summed E-state index contributed by atoms with van der Waals surface area (Å²) in [5, 5.41) is 17.1. The number of hydrogen-bond acceptors (Lipinski definition) is 4. The van der Waals surface area contributed by atoms with E-state index in [2.05, 4.69) is 26.0 Å². The zero-order chi connectivity index (χ0) is 15.1. The monoisotopic (exact) mass is 287 g/mol. The zero-order valence-electron chi connectivity index (χ0n) is 12.4. The van der Waals surface area contributed by atoms with Gasteiger partial charge in [-0.05, 0) is 0 Å². The highest BCUT2D eigenvalue weighted by atomic mass is 16.1. The van der Waals surface area contributed by atoms with Crippen molar-refractivity contribution in [3.8, 4) is 11.3 Å². The molecule has 21 heavy (non-hydrogen) atoms. The molecule has 0 aliphatic carbocycles. The van der Waals surface area contributed by atoms with Gasteiger partial charge in [0.15, 0.2) is 0 Å². The molecule has 0 spiro atoms. The van der Waals surface area contributed by atoms with E-state index in [1.54, 1.807) is 0 Å². The maximum atomic E-state index is 11.4. The average molecular weight is 287 g/mol. The van der Waals surface area contributed by atoms with Crippen LogP contribution in [-0.4, -0.2) is 34.4 Å². The third-order valence-electron chi connectivity index (χ3n) is 3.09. The summed E-state index contributed by atoms with van der Waals surface area (Å²) in [7, 11) is 0. The molecule has 1 aromatic heterocycles. The van der Waals surface area contributed by atoms with E-state index in [1.807, 2.05) is 44.2 Å². The number of nitrogens with zero attached hydrogens (tertiary/aromatic N) is 2. The molecule has 0 aliphatic rings. The number of rotatable bonds is 7. The summed E-state index contributed by atoms with van der Waals surface area (Å²) in [4.78, 5) is 11.4. The van der Waals surface area contributed by atoms with E-state index in [4.69, 9.17) is 0 Å². The van der Waals surface area contributed by atoms with Crippen molar-refractivity contribution in [2.75, 3.05) is 13.1 Å². The van der Waals surface area contributed by atoms with Gasteiger partial charge in [0.05, 0.1) is 0 Å².